The molecule has 10 nitrogen and oxygen atoms in total. The third-order valence-corrected chi connectivity index (χ3v) is 13.6. The van der Waals surface area contributed by atoms with Crippen molar-refractivity contribution < 1.29 is 29.0 Å². The molecule has 0 spiro atoms. The minimum absolute atomic E-state index is 0.0881. The Morgan fingerprint density at radius 1 is 1.10 bits per heavy atom. The number of hydrogen-bond donors (Lipinski definition) is 1. The second-order valence-electron chi connectivity index (χ2n) is 13.8. The molecular formula is C37H34BrClN4O6S. The van der Waals surface area contributed by atoms with E-state index in [1.165, 1.54) is 16.9 Å². The molecule has 1 N–H and O–H groups in total. The van der Waals surface area contributed by atoms with Crippen LogP contribution in [0, 0.1) is 36.0 Å². The maximum atomic E-state index is 15.0. The predicted octanol–water partition coefficient (Wildman–Crippen LogP) is 6.99. The number of nitrogens with zero attached hydrogens (tertiary/aromatic N) is 4. The number of benzene rings is 2. The lowest BCUT2D eigenvalue weighted by atomic mass is 9.51. The zero-order chi connectivity index (χ0) is 35.5. The van der Waals surface area contributed by atoms with Gasteiger partial charge >= 0.3 is 0 Å². The van der Waals surface area contributed by atoms with Gasteiger partial charge in [0.25, 0.3) is 0 Å². The first-order valence-electron chi connectivity index (χ1n) is 16.5. The number of aryl methyl sites for hydroxylation is 2. The average Bonchev–Trinajstić information content (AvgIpc) is 3.75. The largest absolute Gasteiger partial charge is 0.503 e. The molecule has 0 radical (unpaired) electrons. The molecule has 258 valence electrons. The Balaban J connectivity index is 1.27. The van der Waals surface area contributed by atoms with Crippen LogP contribution in [0.15, 0.2) is 52.5 Å². The Morgan fingerprint density at radius 3 is 2.58 bits per heavy atom. The van der Waals surface area contributed by atoms with Crippen molar-refractivity contribution in [2.75, 3.05) is 18.6 Å². The summed E-state index contributed by atoms with van der Waals surface area (Å²) in [7, 11) is 3.17. The normalized spacial score (nSPS) is 27.6. The number of carbonyl (C=O) groups is 4. The smallest absolute Gasteiger partial charge is 0.242 e. The summed E-state index contributed by atoms with van der Waals surface area (Å²) < 4.78 is 8.51. The summed E-state index contributed by atoms with van der Waals surface area (Å²) in [6.07, 6.45) is 2.62. The molecule has 1 saturated carbocycles. The van der Waals surface area contributed by atoms with Crippen molar-refractivity contribution in [3.05, 3.63) is 68.7 Å². The van der Waals surface area contributed by atoms with Gasteiger partial charge in [0, 0.05) is 35.3 Å². The average molecular weight is 778 g/mol. The van der Waals surface area contributed by atoms with E-state index >= 15 is 4.79 Å². The molecule has 3 fully saturated rings. The minimum atomic E-state index is -1.27. The van der Waals surface area contributed by atoms with Crippen LogP contribution in [-0.4, -0.2) is 57.1 Å². The summed E-state index contributed by atoms with van der Waals surface area (Å²) in [5.74, 6) is -3.71. The van der Waals surface area contributed by atoms with Crippen LogP contribution < -0.4 is 9.64 Å². The van der Waals surface area contributed by atoms with Crippen molar-refractivity contribution >= 4 is 78.4 Å². The highest BCUT2D eigenvalue weighted by Gasteiger charge is 2.68. The van der Waals surface area contributed by atoms with Crippen LogP contribution in [0.2, 0.25) is 5.02 Å². The molecule has 2 aliphatic heterocycles. The first kappa shape index (κ1) is 33.2. The standard InChI is InChI=1S/C37H34BrClN4O6S/c1-6-42-33(45)20-9-8-19-22(29(20)35(42)47)14-23-34(46)43(36(48)37(23,3)30(19)17-11-24(38)31(44)26(12-17)49-5)28-15-25(40-41(28)4)32-16(2)21-13-18(39)7-10-27(21)50-32/h7-8,10-13,15,20,22-23,29-30,44H,6,9,14H2,1-5H3. The first-order valence-corrected chi connectivity index (χ1v) is 18.5. The molecule has 50 heavy (non-hydrogen) atoms. The summed E-state index contributed by atoms with van der Waals surface area (Å²) in [6, 6.07) is 11.0. The van der Waals surface area contributed by atoms with Crippen LogP contribution in [0.4, 0.5) is 5.82 Å². The molecule has 2 aliphatic carbocycles. The fraction of sp³-hybridized carbons (Fsp3) is 0.378. The molecule has 4 amide bonds. The molecule has 0 bridgehead atoms. The molecule has 6 unspecified atom stereocenters. The first-order chi connectivity index (χ1) is 23.8. The van der Waals surface area contributed by atoms with Crippen molar-refractivity contribution in [1.82, 2.24) is 14.7 Å². The number of aromatic hydroxyl groups is 1. The van der Waals surface area contributed by atoms with Gasteiger partial charge in [-0.25, -0.2) is 4.90 Å². The number of methoxy groups -OCH3 is 1. The van der Waals surface area contributed by atoms with Crippen molar-refractivity contribution in [3.8, 4) is 22.1 Å². The number of thiophene rings is 1. The highest BCUT2D eigenvalue weighted by atomic mass is 79.9. The van der Waals surface area contributed by atoms with E-state index in [4.69, 9.17) is 21.4 Å². The number of phenolic OH excluding ortho intramolecular Hbond substituents is 1. The number of carbonyl (C=O) groups excluding carboxylic acids is 4. The Bertz CT molecular complexity index is 2230. The molecule has 4 aliphatic rings. The lowest BCUT2D eigenvalue weighted by Crippen LogP contribution is -2.49. The van der Waals surface area contributed by atoms with Crippen molar-refractivity contribution in [1.29, 1.82) is 0 Å². The zero-order valence-corrected chi connectivity index (χ0v) is 31.1. The van der Waals surface area contributed by atoms with Gasteiger partial charge in [-0.3, -0.25) is 28.8 Å². The maximum absolute atomic E-state index is 15.0. The maximum Gasteiger partial charge on any atom is 0.242 e. The highest BCUT2D eigenvalue weighted by molar-refractivity contribution is 9.10. The lowest BCUT2D eigenvalue weighted by molar-refractivity contribution is -0.140. The number of ether oxygens (including phenoxy) is 1. The summed E-state index contributed by atoms with van der Waals surface area (Å²) in [6.45, 7) is 5.90. The number of phenols is 1. The van der Waals surface area contributed by atoms with Crippen molar-refractivity contribution in [2.24, 2.45) is 36.1 Å². The van der Waals surface area contributed by atoms with E-state index in [1.54, 1.807) is 48.2 Å². The van der Waals surface area contributed by atoms with E-state index in [1.807, 2.05) is 38.1 Å². The van der Waals surface area contributed by atoms with Gasteiger partial charge in [-0.2, -0.15) is 5.10 Å². The summed E-state index contributed by atoms with van der Waals surface area (Å²) >= 11 is 11.3. The van der Waals surface area contributed by atoms with Crippen LogP contribution in [0.5, 0.6) is 11.5 Å². The van der Waals surface area contributed by atoms with Gasteiger partial charge in [-0.1, -0.05) is 23.3 Å². The Kier molecular flexibility index (Phi) is 7.63. The monoisotopic (exact) mass is 776 g/mol. The SMILES string of the molecule is CCN1C(=O)C2CC=C3C(CC4C(=O)N(c5cc(-c6sc7ccc(Cl)cc7c6C)nn5C)C(=O)C4(C)C3c3cc(Br)c(O)c(OC)c3)C2C1=O. The molecule has 4 heterocycles. The van der Waals surface area contributed by atoms with E-state index in [9.17, 15) is 19.5 Å². The summed E-state index contributed by atoms with van der Waals surface area (Å²) in [5.41, 5.74) is 1.89. The number of fused-ring (bicyclic) bond motifs is 5. The van der Waals surface area contributed by atoms with Crippen molar-refractivity contribution in [3.63, 3.8) is 0 Å². The minimum Gasteiger partial charge on any atom is -0.503 e. The fourth-order valence-corrected chi connectivity index (χ4v) is 10.9. The Labute approximate surface area is 305 Å². The van der Waals surface area contributed by atoms with Crippen LogP contribution >= 0.6 is 38.9 Å². The second kappa shape index (κ2) is 11.5. The van der Waals surface area contributed by atoms with E-state index < -0.39 is 35.0 Å². The lowest BCUT2D eigenvalue weighted by Gasteiger charge is -2.49. The van der Waals surface area contributed by atoms with Gasteiger partial charge in [0.2, 0.25) is 23.6 Å². The van der Waals surface area contributed by atoms with E-state index in [0.717, 1.165) is 26.1 Å². The summed E-state index contributed by atoms with van der Waals surface area (Å²) in [5, 5.41) is 17.2. The molecule has 8 rings (SSSR count). The molecule has 4 aromatic rings. The van der Waals surface area contributed by atoms with Gasteiger partial charge in [-0.15, -0.1) is 11.3 Å². The molecule has 6 atom stereocenters. The van der Waals surface area contributed by atoms with Crippen LogP contribution in [0.3, 0.4) is 0 Å². The Hall–Kier alpha value is -4.00. The van der Waals surface area contributed by atoms with Crippen LogP contribution in [0.1, 0.15) is 43.7 Å². The number of halogens is 2. The molecule has 2 saturated heterocycles. The number of imide groups is 2. The zero-order valence-electron chi connectivity index (χ0n) is 28.0. The third kappa shape index (κ3) is 4.40. The highest BCUT2D eigenvalue weighted by Crippen LogP contribution is 2.64. The number of allylic oxidation sites excluding steroid dienone is 2. The fourth-order valence-electron chi connectivity index (χ4n) is 9.12. The van der Waals surface area contributed by atoms with Gasteiger partial charge < -0.3 is 9.84 Å². The number of amides is 4. The molecule has 2 aromatic carbocycles. The molecule has 2 aromatic heterocycles. The van der Waals surface area contributed by atoms with E-state index in [-0.39, 0.29) is 48.1 Å². The number of rotatable bonds is 5. The van der Waals surface area contributed by atoms with Gasteiger partial charge in [-0.05, 0) is 102 Å². The van der Waals surface area contributed by atoms with E-state index in [0.29, 0.717) is 33.0 Å². The number of anilines is 1. The number of aromatic nitrogens is 2. The summed E-state index contributed by atoms with van der Waals surface area (Å²) in [4.78, 5) is 60.4. The van der Waals surface area contributed by atoms with Gasteiger partial charge in [0.15, 0.2) is 11.5 Å². The van der Waals surface area contributed by atoms with Crippen molar-refractivity contribution in [2.45, 2.75) is 39.5 Å². The van der Waals surface area contributed by atoms with Crippen LogP contribution in [-0.2, 0) is 26.2 Å². The van der Waals surface area contributed by atoms with E-state index in [2.05, 4.69) is 15.9 Å². The van der Waals surface area contributed by atoms with Gasteiger partial charge in [0.1, 0.15) is 11.5 Å². The molecule has 13 heteroatoms. The van der Waals surface area contributed by atoms with Gasteiger partial charge in [0.05, 0.1) is 39.6 Å². The van der Waals surface area contributed by atoms with Crippen LogP contribution in [0.25, 0.3) is 20.7 Å². The third-order valence-electron chi connectivity index (χ3n) is 11.5. The predicted molar refractivity (Wildman–Crippen MR) is 193 cm³/mol. The molecular weight excluding hydrogens is 744 g/mol. The second-order valence-corrected chi connectivity index (χ2v) is 16.2. The number of hydrogen-bond acceptors (Lipinski definition) is 8. The topological polar surface area (TPSA) is 122 Å². The Morgan fingerprint density at radius 2 is 1.86 bits per heavy atom. The quantitative estimate of drug-likeness (QED) is 0.171. The number of likely N-dealkylation sites (tertiary alicyclic amines) is 1.